The molecule has 4 rings (SSSR count). The van der Waals surface area contributed by atoms with Crippen molar-refractivity contribution >= 4 is 34.6 Å². The van der Waals surface area contributed by atoms with Crippen molar-refractivity contribution in [1.29, 1.82) is 0 Å². The van der Waals surface area contributed by atoms with Gasteiger partial charge in [-0.2, -0.15) is 0 Å². The van der Waals surface area contributed by atoms with E-state index in [1.807, 2.05) is 30.3 Å². The van der Waals surface area contributed by atoms with Gasteiger partial charge in [0.2, 0.25) is 11.8 Å². The van der Waals surface area contributed by atoms with Crippen LogP contribution < -0.4 is 16.3 Å². The Labute approximate surface area is 214 Å². The van der Waals surface area contributed by atoms with Crippen LogP contribution in [0.1, 0.15) is 49.3 Å². The number of hydrogen-bond acceptors (Lipinski definition) is 5. The first-order chi connectivity index (χ1) is 17.7. The fraction of sp³-hybridized carbons (Fsp3) is 0.407. The molecule has 10 nitrogen and oxygen atoms in total. The van der Waals surface area contributed by atoms with Crippen molar-refractivity contribution in [3.63, 3.8) is 0 Å². The summed E-state index contributed by atoms with van der Waals surface area (Å²) in [6, 6.07) is 12.7. The fourth-order valence-electron chi connectivity index (χ4n) is 4.89. The summed E-state index contributed by atoms with van der Waals surface area (Å²) < 4.78 is 3.08. The smallest absolute Gasteiger partial charge is 0.409 e. The topological polar surface area (TPSA) is 126 Å². The summed E-state index contributed by atoms with van der Waals surface area (Å²) in [4.78, 5) is 49.7. The number of aryl methyl sites for hydroxylation is 2. The Morgan fingerprint density at radius 3 is 2.49 bits per heavy atom. The summed E-state index contributed by atoms with van der Waals surface area (Å²) in [7, 11) is 3.79. The van der Waals surface area contributed by atoms with E-state index in [9.17, 15) is 19.2 Å². The highest BCUT2D eigenvalue weighted by atomic mass is 16.4. The normalized spacial score (nSPS) is 15.8. The number of carbonyl (C=O) groups is 3. The average Bonchev–Trinajstić information content (AvgIpc) is 3.09. The average molecular weight is 508 g/mol. The number of carbonyl (C=O) groups excluding carboxylic acids is 2. The summed E-state index contributed by atoms with van der Waals surface area (Å²) in [5.41, 5.74) is 4.08. The zero-order chi connectivity index (χ0) is 26.5. The molecule has 196 valence electrons. The van der Waals surface area contributed by atoms with E-state index in [4.69, 9.17) is 5.11 Å². The van der Waals surface area contributed by atoms with Crippen molar-refractivity contribution < 1.29 is 19.5 Å². The lowest BCUT2D eigenvalue weighted by molar-refractivity contribution is -0.135. The first kappa shape index (κ1) is 26.2. The molecule has 2 aromatic carbocycles. The molecular formula is C27H33N5O5. The van der Waals surface area contributed by atoms with Crippen molar-refractivity contribution in [2.75, 3.05) is 18.9 Å². The van der Waals surface area contributed by atoms with Gasteiger partial charge in [-0.25, -0.2) is 9.59 Å². The Morgan fingerprint density at radius 1 is 1.05 bits per heavy atom. The minimum atomic E-state index is -1.07. The molecule has 1 aliphatic heterocycles. The molecule has 1 aromatic heterocycles. The van der Waals surface area contributed by atoms with Crippen LogP contribution in [0.3, 0.4) is 0 Å². The number of nitrogens with one attached hydrogen (secondary N) is 2. The lowest BCUT2D eigenvalue weighted by Crippen LogP contribution is -2.44. The molecule has 2 heterocycles. The van der Waals surface area contributed by atoms with E-state index in [-0.39, 0.29) is 18.0 Å². The van der Waals surface area contributed by atoms with Crippen LogP contribution in [0.2, 0.25) is 0 Å². The number of piperidine rings is 1. The Bertz CT molecular complexity index is 1360. The van der Waals surface area contributed by atoms with Crippen molar-refractivity contribution in [3.8, 4) is 0 Å². The van der Waals surface area contributed by atoms with Crippen LogP contribution in [0, 0.1) is 0 Å². The van der Waals surface area contributed by atoms with Gasteiger partial charge < -0.3 is 10.0 Å². The number of carboxylic acid groups (broad SMARTS) is 1. The molecule has 37 heavy (non-hydrogen) atoms. The maximum absolute atomic E-state index is 12.9. The molecule has 1 unspecified atom stereocenters. The molecule has 1 aliphatic rings. The lowest BCUT2D eigenvalue weighted by atomic mass is 10.0. The number of rotatable bonds is 10. The van der Waals surface area contributed by atoms with Crippen LogP contribution in [0.15, 0.2) is 47.3 Å². The maximum atomic E-state index is 12.9. The largest absolute Gasteiger partial charge is 0.465 e. The van der Waals surface area contributed by atoms with Crippen molar-refractivity contribution in [1.82, 2.24) is 19.4 Å². The van der Waals surface area contributed by atoms with Crippen LogP contribution in [0.5, 0.6) is 0 Å². The van der Waals surface area contributed by atoms with Crippen LogP contribution >= 0.6 is 0 Å². The molecule has 0 saturated carbocycles. The second-order valence-electron chi connectivity index (χ2n) is 9.68. The maximum Gasteiger partial charge on any atom is 0.409 e. The number of amides is 3. The lowest BCUT2D eigenvalue weighted by Gasteiger charge is -2.21. The number of benzene rings is 2. The first-order valence-electron chi connectivity index (χ1n) is 12.5. The summed E-state index contributed by atoms with van der Waals surface area (Å²) >= 11 is 0. The van der Waals surface area contributed by atoms with Crippen molar-refractivity contribution in [3.05, 3.63) is 64.1 Å². The van der Waals surface area contributed by atoms with Crippen LogP contribution in [-0.4, -0.2) is 50.6 Å². The van der Waals surface area contributed by atoms with Gasteiger partial charge in [-0.3, -0.25) is 29.4 Å². The fourth-order valence-corrected chi connectivity index (χ4v) is 4.89. The second-order valence-corrected chi connectivity index (χ2v) is 9.68. The third kappa shape index (κ3) is 6.26. The number of hydrogen-bond donors (Lipinski definition) is 3. The van der Waals surface area contributed by atoms with Gasteiger partial charge >= 0.3 is 11.8 Å². The molecule has 0 bridgehead atoms. The number of nitrogens with zero attached hydrogens (tertiary/aromatic N) is 3. The second kappa shape index (κ2) is 11.4. The Hall–Kier alpha value is -3.92. The number of imidazole rings is 1. The van der Waals surface area contributed by atoms with Gasteiger partial charge in [0.1, 0.15) is 6.04 Å². The standard InChI is InChI=1S/C27H33N5O5/c1-30(17-19-7-10-20(11-8-19)28-26(35)36)15-5-3-4-6-18-9-12-21-23(16-18)31(2)27(37)32(21)22-13-14-24(33)29-25(22)34/h7-12,16,22,28H,3-6,13-15,17H2,1-2H3,(H,35,36)(H,29,33,34). The van der Waals surface area contributed by atoms with Gasteiger partial charge in [-0.1, -0.05) is 24.6 Å². The van der Waals surface area contributed by atoms with Crippen molar-refractivity contribution in [2.45, 2.75) is 51.1 Å². The number of imide groups is 1. The van der Waals surface area contributed by atoms with Gasteiger partial charge in [-0.05, 0) is 74.7 Å². The predicted molar refractivity (Wildman–Crippen MR) is 141 cm³/mol. The Morgan fingerprint density at radius 2 is 1.78 bits per heavy atom. The third-order valence-corrected chi connectivity index (χ3v) is 6.84. The zero-order valence-electron chi connectivity index (χ0n) is 21.2. The summed E-state index contributed by atoms with van der Waals surface area (Å²) in [5.74, 6) is -0.723. The zero-order valence-corrected chi connectivity index (χ0v) is 21.2. The Balaban J connectivity index is 1.27. The van der Waals surface area contributed by atoms with Gasteiger partial charge in [-0.15, -0.1) is 0 Å². The van der Waals surface area contributed by atoms with Crippen LogP contribution in [0.4, 0.5) is 10.5 Å². The van der Waals surface area contributed by atoms with Crippen LogP contribution in [-0.2, 0) is 29.6 Å². The van der Waals surface area contributed by atoms with Gasteiger partial charge in [0.25, 0.3) is 0 Å². The molecular weight excluding hydrogens is 474 g/mol. The first-order valence-corrected chi connectivity index (χ1v) is 12.5. The minimum Gasteiger partial charge on any atom is -0.465 e. The molecule has 1 fully saturated rings. The summed E-state index contributed by atoms with van der Waals surface area (Å²) in [6.07, 6.45) is 3.53. The highest BCUT2D eigenvalue weighted by molar-refractivity contribution is 6.00. The molecule has 3 amide bonds. The SMILES string of the molecule is CN(CCCCCc1ccc2c(c1)n(C)c(=O)n2C1CCC(=O)NC1=O)Cc1ccc(NC(=O)O)cc1. The molecule has 0 aliphatic carbocycles. The number of anilines is 1. The summed E-state index contributed by atoms with van der Waals surface area (Å²) in [5, 5.41) is 13.5. The van der Waals surface area contributed by atoms with E-state index >= 15 is 0 Å². The highest BCUT2D eigenvalue weighted by Crippen LogP contribution is 2.24. The summed E-state index contributed by atoms with van der Waals surface area (Å²) in [6.45, 7) is 1.75. The quantitative estimate of drug-likeness (QED) is 0.286. The van der Waals surface area contributed by atoms with E-state index in [0.29, 0.717) is 17.6 Å². The molecule has 3 N–H and O–H groups in total. The molecule has 3 aromatic rings. The molecule has 10 heteroatoms. The van der Waals surface area contributed by atoms with E-state index in [0.717, 1.165) is 55.4 Å². The number of unbranched alkanes of at least 4 members (excludes halogenated alkanes) is 2. The highest BCUT2D eigenvalue weighted by Gasteiger charge is 2.31. The van der Waals surface area contributed by atoms with Crippen molar-refractivity contribution in [2.24, 2.45) is 7.05 Å². The molecule has 0 spiro atoms. The third-order valence-electron chi connectivity index (χ3n) is 6.84. The van der Waals surface area contributed by atoms with E-state index in [2.05, 4.69) is 22.6 Å². The Kier molecular flexibility index (Phi) is 8.08. The van der Waals surface area contributed by atoms with E-state index in [1.165, 1.54) is 4.57 Å². The van der Waals surface area contributed by atoms with E-state index < -0.39 is 18.0 Å². The molecule has 1 saturated heterocycles. The van der Waals surface area contributed by atoms with Gasteiger partial charge in [0.05, 0.1) is 11.0 Å². The van der Waals surface area contributed by atoms with E-state index in [1.54, 1.807) is 23.7 Å². The predicted octanol–water partition coefficient (Wildman–Crippen LogP) is 3.25. The monoisotopic (exact) mass is 507 g/mol. The number of aromatic nitrogens is 2. The molecule has 0 radical (unpaired) electrons. The van der Waals surface area contributed by atoms with Gasteiger partial charge in [0.15, 0.2) is 0 Å². The molecule has 1 atom stereocenters. The van der Waals surface area contributed by atoms with Crippen LogP contribution in [0.25, 0.3) is 11.0 Å². The number of fused-ring (bicyclic) bond motifs is 1. The van der Waals surface area contributed by atoms with Gasteiger partial charge in [0, 0.05) is 25.7 Å². The minimum absolute atomic E-state index is 0.225.